The summed E-state index contributed by atoms with van der Waals surface area (Å²) < 4.78 is 5.41. The lowest BCUT2D eigenvalue weighted by molar-refractivity contribution is -0.131. The maximum atomic E-state index is 13.4. The molecule has 1 saturated heterocycles. The first-order chi connectivity index (χ1) is 18.4. The van der Waals surface area contributed by atoms with Gasteiger partial charge in [-0.1, -0.05) is 44.9 Å². The van der Waals surface area contributed by atoms with Crippen LogP contribution >= 0.6 is 0 Å². The molecule has 2 amide bonds. The summed E-state index contributed by atoms with van der Waals surface area (Å²) in [7, 11) is 1.74. The number of pyridine rings is 1. The highest BCUT2D eigenvalue weighted by Crippen LogP contribution is 2.40. The van der Waals surface area contributed by atoms with Crippen LogP contribution in [0.3, 0.4) is 0 Å². The van der Waals surface area contributed by atoms with Crippen LogP contribution in [0.15, 0.2) is 23.3 Å². The van der Waals surface area contributed by atoms with Crippen molar-refractivity contribution in [2.75, 3.05) is 38.3 Å². The van der Waals surface area contributed by atoms with E-state index in [0.717, 1.165) is 57.4 Å². The normalized spacial score (nSPS) is 28.9. The molecule has 0 aromatic carbocycles. The smallest absolute Gasteiger partial charge is 0.257 e. The van der Waals surface area contributed by atoms with Gasteiger partial charge in [0.25, 0.3) is 11.8 Å². The van der Waals surface area contributed by atoms with Crippen molar-refractivity contribution in [1.29, 1.82) is 0 Å². The van der Waals surface area contributed by atoms with Gasteiger partial charge in [0.2, 0.25) is 0 Å². The fourth-order valence-corrected chi connectivity index (χ4v) is 6.93. The van der Waals surface area contributed by atoms with Gasteiger partial charge < -0.3 is 20.7 Å². The molecule has 3 N–H and O–H groups in total. The number of likely N-dealkylation sites (N-methyl/N-ethyl adjacent to an activating group) is 1. The predicted octanol–water partition coefficient (Wildman–Crippen LogP) is 3.48. The lowest BCUT2D eigenvalue weighted by Gasteiger charge is -2.35. The zero-order valence-corrected chi connectivity index (χ0v) is 22.9. The first-order valence-corrected chi connectivity index (χ1v) is 14.7. The number of hydrogen-bond donors (Lipinski definition) is 2. The Morgan fingerprint density at radius 2 is 1.87 bits per heavy atom. The van der Waals surface area contributed by atoms with E-state index in [0.29, 0.717) is 43.0 Å². The Bertz CT molecular complexity index is 1000. The molecule has 2 saturated carbocycles. The molecule has 0 radical (unpaired) electrons. The van der Waals surface area contributed by atoms with Gasteiger partial charge in [-0.15, -0.1) is 0 Å². The Labute approximate surface area is 226 Å². The Balaban J connectivity index is 1.19. The maximum absolute atomic E-state index is 13.4. The number of nitrogens with zero attached hydrogens (tertiary/aromatic N) is 4. The molecule has 3 heterocycles. The molecule has 2 aliphatic carbocycles. The van der Waals surface area contributed by atoms with E-state index < -0.39 is 5.54 Å². The fourth-order valence-electron chi connectivity index (χ4n) is 6.93. The third kappa shape index (κ3) is 6.14. The van der Waals surface area contributed by atoms with Gasteiger partial charge in [-0.05, 0) is 56.1 Å². The van der Waals surface area contributed by atoms with Crippen LogP contribution in [0.1, 0.15) is 87.4 Å². The van der Waals surface area contributed by atoms with Gasteiger partial charge in [0.15, 0.2) is 5.96 Å². The quantitative estimate of drug-likeness (QED) is 0.538. The summed E-state index contributed by atoms with van der Waals surface area (Å²) >= 11 is 0. The van der Waals surface area contributed by atoms with Crippen LogP contribution in [-0.2, 0) is 9.53 Å². The first-order valence-electron chi connectivity index (χ1n) is 14.7. The molecule has 1 aromatic heterocycles. The highest BCUT2D eigenvalue weighted by Gasteiger charge is 2.48. The van der Waals surface area contributed by atoms with Crippen molar-refractivity contribution < 1.29 is 14.3 Å². The van der Waals surface area contributed by atoms with Gasteiger partial charge in [-0.3, -0.25) is 14.5 Å². The molecule has 1 aromatic rings. The molecule has 0 spiro atoms. The van der Waals surface area contributed by atoms with Crippen molar-refractivity contribution in [3.05, 3.63) is 23.9 Å². The van der Waals surface area contributed by atoms with E-state index in [1.807, 2.05) is 12.1 Å². The second-order valence-electron chi connectivity index (χ2n) is 11.8. The van der Waals surface area contributed by atoms with E-state index >= 15 is 0 Å². The van der Waals surface area contributed by atoms with E-state index in [1.165, 1.54) is 37.0 Å². The summed E-state index contributed by atoms with van der Waals surface area (Å²) in [4.78, 5) is 39.5. The van der Waals surface area contributed by atoms with Crippen LogP contribution in [0.5, 0.6) is 0 Å². The van der Waals surface area contributed by atoms with Gasteiger partial charge >= 0.3 is 0 Å². The molecule has 38 heavy (non-hydrogen) atoms. The third-order valence-corrected chi connectivity index (χ3v) is 9.16. The van der Waals surface area contributed by atoms with Crippen LogP contribution in [0, 0.1) is 11.8 Å². The van der Waals surface area contributed by atoms with Crippen LogP contribution in [0.4, 0.5) is 5.82 Å². The Hall–Kier alpha value is -2.68. The van der Waals surface area contributed by atoms with Crippen molar-refractivity contribution in [2.24, 2.45) is 22.6 Å². The molecule has 9 nitrogen and oxygen atoms in total. The highest BCUT2D eigenvalue weighted by molar-refractivity contribution is 6.06. The summed E-state index contributed by atoms with van der Waals surface area (Å²) in [5.74, 6) is 2.21. The van der Waals surface area contributed by atoms with Crippen molar-refractivity contribution in [2.45, 2.75) is 88.6 Å². The molecular weight excluding hydrogens is 480 g/mol. The third-order valence-electron chi connectivity index (χ3n) is 9.16. The molecule has 3 fully saturated rings. The summed E-state index contributed by atoms with van der Waals surface area (Å²) in [6, 6.07) is 3.87. The number of aromatic nitrogens is 1. The van der Waals surface area contributed by atoms with Crippen molar-refractivity contribution in [1.82, 2.24) is 15.2 Å². The number of aliphatic imine (C=N–C) groups is 1. The SMILES string of the molecule is CN1C(=O)[C@@](CCC2CCCCC2)(C[C@H]2CCC[C@@H](NC(=O)c3ccc(N4CCOCC4)nc3)C2)N=C1N. The molecule has 0 unspecified atom stereocenters. The van der Waals surface area contributed by atoms with Gasteiger partial charge in [0, 0.05) is 32.4 Å². The van der Waals surface area contributed by atoms with Crippen LogP contribution in [0.2, 0.25) is 0 Å². The van der Waals surface area contributed by atoms with Crippen LogP contribution in [0.25, 0.3) is 0 Å². The van der Waals surface area contributed by atoms with E-state index in [9.17, 15) is 9.59 Å². The monoisotopic (exact) mass is 524 g/mol. The van der Waals surface area contributed by atoms with Crippen molar-refractivity contribution in [3.8, 4) is 0 Å². The second-order valence-corrected chi connectivity index (χ2v) is 11.8. The number of nitrogens with one attached hydrogen (secondary N) is 1. The average molecular weight is 525 g/mol. The minimum absolute atomic E-state index is 0.0448. The lowest BCUT2D eigenvalue weighted by Crippen LogP contribution is -2.45. The zero-order chi connectivity index (χ0) is 26.5. The highest BCUT2D eigenvalue weighted by atomic mass is 16.5. The standard InChI is InChI=1S/C29H44N6O3/c1-34-27(37)29(33-28(34)30,13-12-21-6-3-2-4-7-21)19-22-8-5-9-24(18-22)32-26(36)23-10-11-25(31-20-23)35-14-16-38-17-15-35/h10-11,20-22,24H,2-9,12-19H2,1H3,(H2,30,33)(H,32,36)/t22-,24+,29+/m0/s1. The topological polar surface area (TPSA) is 113 Å². The van der Waals surface area contributed by atoms with E-state index in [4.69, 9.17) is 15.5 Å². The van der Waals surface area contributed by atoms with E-state index in [2.05, 4.69) is 15.2 Å². The Kier molecular flexibility index (Phi) is 8.51. The number of rotatable bonds is 8. The second kappa shape index (κ2) is 12.0. The summed E-state index contributed by atoms with van der Waals surface area (Å²) in [5, 5.41) is 3.25. The number of ether oxygens (including phenoxy) is 1. The Morgan fingerprint density at radius 3 is 2.55 bits per heavy atom. The van der Waals surface area contributed by atoms with Gasteiger partial charge in [-0.25, -0.2) is 9.98 Å². The fraction of sp³-hybridized carbons (Fsp3) is 0.724. The van der Waals surface area contributed by atoms with Gasteiger partial charge in [-0.2, -0.15) is 0 Å². The number of nitrogens with two attached hydrogens (primary N) is 1. The molecule has 3 atom stereocenters. The van der Waals surface area contributed by atoms with E-state index in [1.54, 1.807) is 13.2 Å². The molecule has 4 aliphatic rings. The number of anilines is 1. The van der Waals surface area contributed by atoms with E-state index in [-0.39, 0.29) is 17.9 Å². The maximum Gasteiger partial charge on any atom is 0.257 e. The lowest BCUT2D eigenvalue weighted by atomic mass is 9.74. The predicted molar refractivity (Wildman–Crippen MR) is 148 cm³/mol. The molecule has 9 heteroatoms. The van der Waals surface area contributed by atoms with Gasteiger partial charge in [0.05, 0.1) is 18.8 Å². The number of hydrogen-bond acceptors (Lipinski definition) is 7. The minimum atomic E-state index is -0.744. The van der Waals surface area contributed by atoms with Crippen molar-refractivity contribution in [3.63, 3.8) is 0 Å². The van der Waals surface area contributed by atoms with Crippen LogP contribution < -0.4 is 16.0 Å². The molecule has 0 bridgehead atoms. The first kappa shape index (κ1) is 26.9. The summed E-state index contributed by atoms with van der Waals surface area (Å²) in [6.45, 7) is 3.04. The number of carbonyl (C=O) groups excluding carboxylic acids is 2. The summed E-state index contributed by atoms with van der Waals surface area (Å²) in [5.41, 5.74) is 5.99. The molecule has 208 valence electrons. The minimum Gasteiger partial charge on any atom is -0.378 e. The number of carbonyl (C=O) groups is 2. The number of amides is 2. The van der Waals surface area contributed by atoms with Crippen molar-refractivity contribution >= 4 is 23.6 Å². The average Bonchev–Trinajstić information content (AvgIpc) is 3.16. The number of guanidine groups is 1. The largest absolute Gasteiger partial charge is 0.378 e. The Morgan fingerprint density at radius 1 is 1.11 bits per heavy atom. The summed E-state index contributed by atoms with van der Waals surface area (Å²) in [6.07, 6.45) is 14.6. The molecular formula is C29H44N6O3. The molecule has 5 rings (SSSR count). The van der Waals surface area contributed by atoms with Gasteiger partial charge in [0.1, 0.15) is 11.4 Å². The number of morpholine rings is 1. The van der Waals surface area contributed by atoms with Crippen LogP contribution in [-0.4, -0.2) is 72.6 Å². The zero-order valence-electron chi connectivity index (χ0n) is 22.9. The molecule has 2 aliphatic heterocycles.